The summed E-state index contributed by atoms with van der Waals surface area (Å²) in [6.45, 7) is 2.31. The molecule has 0 fully saturated rings. The van der Waals surface area contributed by atoms with Crippen LogP contribution in [0.1, 0.15) is 11.1 Å². The zero-order chi connectivity index (χ0) is 11.4. The van der Waals surface area contributed by atoms with Gasteiger partial charge in [0.1, 0.15) is 12.4 Å². The second-order valence-electron chi connectivity index (χ2n) is 3.66. The highest BCUT2D eigenvalue weighted by molar-refractivity contribution is 5.34. The van der Waals surface area contributed by atoms with Gasteiger partial charge in [-0.25, -0.2) is 0 Å². The zero-order valence-electron chi connectivity index (χ0n) is 9.14. The van der Waals surface area contributed by atoms with Gasteiger partial charge in [0.05, 0.1) is 0 Å². The van der Waals surface area contributed by atoms with Crippen LogP contribution in [-0.2, 0) is 11.7 Å². The molecule has 0 spiro atoms. The van der Waals surface area contributed by atoms with E-state index in [9.17, 15) is 5.11 Å². The first kappa shape index (κ1) is 10.6. The van der Waals surface area contributed by atoms with Crippen molar-refractivity contribution in [3.63, 3.8) is 0 Å². The van der Waals surface area contributed by atoms with Crippen LogP contribution < -0.4 is 4.74 Å². The van der Waals surface area contributed by atoms with Gasteiger partial charge in [-0.15, -0.1) is 0 Å². The normalized spacial score (nSPS) is 10.1. The summed E-state index contributed by atoms with van der Waals surface area (Å²) in [6.07, 6.45) is 0. The van der Waals surface area contributed by atoms with Crippen LogP contribution in [0.2, 0.25) is 0 Å². The lowest BCUT2D eigenvalue weighted by atomic mass is 10.2. The lowest BCUT2D eigenvalue weighted by Gasteiger charge is -2.08. The van der Waals surface area contributed by atoms with E-state index >= 15 is 0 Å². The van der Waals surface area contributed by atoms with Gasteiger partial charge in [-0.3, -0.25) is 5.11 Å². The summed E-state index contributed by atoms with van der Waals surface area (Å²) in [5, 5.41) is 11.4. The Morgan fingerprint density at radius 1 is 1.00 bits per heavy atom. The van der Waals surface area contributed by atoms with Gasteiger partial charge in [-0.05, 0) is 24.6 Å². The zero-order valence-corrected chi connectivity index (χ0v) is 9.14. The topological polar surface area (TPSA) is 29.1 Å². The van der Waals surface area contributed by atoms with E-state index < -0.39 is 0 Å². The molecular weight excluding hydrogens is 200 g/mol. The monoisotopic (exact) mass is 213 g/mol. The maximum absolute atomic E-state index is 11.4. The first-order valence-corrected chi connectivity index (χ1v) is 5.21. The van der Waals surface area contributed by atoms with Crippen molar-refractivity contribution >= 4 is 0 Å². The number of rotatable bonds is 3. The smallest absolute Gasteiger partial charge is 0.185 e. The molecule has 2 nitrogen and oxygen atoms in total. The van der Waals surface area contributed by atoms with Crippen molar-refractivity contribution in [1.29, 1.82) is 0 Å². The van der Waals surface area contributed by atoms with Crippen molar-refractivity contribution in [3.8, 4) is 11.5 Å². The maximum Gasteiger partial charge on any atom is 0.185 e. The fourth-order valence-electron chi connectivity index (χ4n) is 1.50. The Morgan fingerprint density at radius 2 is 1.69 bits per heavy atom. The predicted molar refractivity (Wildman–Crippen MR) is 62.1 cm³/mol. The van der Waals surface area contributed by atoms with Crippen molar-refractivity contribution in [2.75, 3.05) is 0 Å². The van der Waals surface area contributed by atoms with Crippen molar-refractivity contribution in [2.45, 2.75) is 13.5 Å². The SMILES string of the molecule is Cc1ccccc1OCc1ccccc1[O]. The molecule has 2 heteroatoms. The van der Waals surface area contributed by atoms with Gasteiger partial charge in [0.2, 0.25) is 0 Å². The second-order valence-corrected chi connectivity index (χ2v) is 3.66. The van der Waals surface area contributed by atoms with Crippen LogP contribution in [0.15, 0.2) is 48.5 Å². The number of para-hydroxylation sites is 2. The highest BCUT2D eigenvalue weighted by atomic mass is 16.5. The van der Waals surface area contributed by atoms with Crippen molar-refractivity contribution in [1.82, 2.24) is 0 Å². The van der Waals surface area contributed by atoms with Gasteiger partial charge >= 0.3 is 0 Å². The molecule has 0 saturated heterocycles. The summed E-state index contributed by atoms with van der Waals surface area (Å²) in [6, 6.07) is 14.7. The number of hydrogen-bond donors (Lipinski definition) is 0. The van der Waals surface area contributed by atoms with Crippen molar-refractivity contribution in [3.05, 3.63) is 59.7 Å². The Balaban J connectivity index is 2.09. The number of benzene rings is 2. The maximum atomic E-state index is 11.4. The standard InChI is InChI=1S/C14H13O2/c1-11-6-2-5-9-14(11)16-10-12-7-3-4-8-13(12)15/h2-9H,10H2,1H3. The summed E-state index contributed by atoms with van der Waals surface area (Å²) in [5.41, 5.74) is 1.76. The molecule has 0 aliphatic heterocycles. The van der Waals surface area contributed by atoms with E-state index in [0.717, 1.165) is 11.3 Å². The third kappa shape index (κ3) is 2.34. The van der Waals surface area contributed by atoms with Gasteiger partial charge < -0.3 is 4.74 Å². The van der Waals surface area contributed by atoms with Crippen LogP contribution in [-0.4, -0.2) is 0 Å². The Bertz CT molecular complexity index is 432. The molecule has 16 heavy (non-hydrogen) atoms. The molecule has 0 aromatic heterocycles. The molecule has 0 unspecified atom stereocenters. The van der Waals surface area contributed by atoms with E-state index in [2.05, 4.69) is 0 Å². The predicted octanol–water partition coefficient (Wildman–Crippen LogP) is 3.72. The minimum Gasteiger partial charge on any atom is -0.488 e. The van der Waals surface area contributed by atoms with Gasteiger partial charge in [0.25, 0.3) is 0 Å². The summed E-state index contributed by atoms with van der Waals surface area (Å²) in [7, 11) is 0. The fraction of sp³-hybridized carbons (Fsp3) is 0.143. The summed E-state index contributed by atoms with van der Waals surface area (Å²) in [5.74, 6) is 0.849. The molecule has 0 atom stereocenters. The second kappa shape index (κ2) is 4.71. The average Bonchev–Trinajstić information content (AvgIpc) is 2.30. The van der Waals surface area contributed by atoms with E-state index in [1.807, 2.05) is 37.3 Å². The highest BCUT2D eigenvalue weighted by Crippen LogP contribution is 2.21. The first-order valence-electron chi connectivity index (χ1n) is 5.21. The molecule has 0 bridgehead atoms. The quantitative estimate of drug-likeness (QED) is 0.764. The average molecular weight is 213 g/mol. The van der Waals surface area contributed by atoms with E-state index in [4.69, 9.17) is 4.74 Å². The lowest BCUT2D eigenvalue weighted by molar-refractivity contribution is 0.285. The van der Waals surface area contributed by atoms with Crippen LogP contribution in [0.25, 0.3) is 0 Å². The summed E-state index contributed by atoms with van der Waals surface area (Å²) >= 11 is 0. The molecule has 2 aromatic rings. The molecule has 2 rings (SSSR count). The Morgan fingerprint density at radius 3 is 2.44 bits per heavy atom. The number of ether oxygens (including phenoxy) is 1. The molecule has 81 valence electrons. The van der Waals surface area contributed by atoms with Crippen LogP contribution in [0.4, 0.5) is 0 Å². The van der Waals surface area contributed by atoms with Crippen LogP contribution in [0, 0.1) is 6.92 Å². The summed E-state index contributed by atoms with van der Waals surface area (Å²) < 4.78 is 5.60. The minimum atomic E-state index is 0.0242. The Labute approximate surface area is 95.1 Å². The fourth-order valence-corrected chi connectivity index (χ4v) is 1.50. The number of hydrogen-bond acceptors (Lipinski definition) is 1. The van der Waals surface area contributed by atoms with E-state index in [-0.39, 0.29) is 5.75 Å². The minimum absolute atomic E-state index is 0.0242. The third-order valence-electron chi connectivity index (χ3n) is 2.45. The van der Waals surface area contributed by atoms with Crippen LogP contribution >= 0.6 is 0 Å². The number of aryl methyl sites for hydroxylation is 1. The van der Waals surface area contributed by atoms with Gasteiger partial charge in [0.15, 0.2) is 5.75 Å². The van der Waals surface area contributed by atoms with Gasteiger partial charge in [-0.1, -0.05) is 36.4 Å². The molecule has 2 aromatic carbocycles. The highest BCUT2D eigenvalue weighted by Gasteiger charge is 2.03. The first-order chi connectivity index (χ1) is 7.77. The van der Waals surface area contributed by atoms with Gasteiger partial charge in [-0.2, -0.15) is 0 Å². The largest absolute Gasteiger partial charge is 0.488 e. The lowest BCUT2D eigenvalue weighted by Crippen LogP contribution is -1.96. The molecule has 1 radical (unpaired) electrons. The molecule has 0 aliphatic carbocycles. The summed E-state index contributed by atoms with van der Waals surface area (Å²) in [4.78, 5) is 0. The van der Waals surface area contributed by atoms with Crippen molar-refractivity contribution < 1.29 is 9.84 Å². The van der Waals surface area contributed by atoms with Crippen molar-refractivity contribution in [2.24, 2.45) is 0 Å². The van der Waals surface area contributed by atoms with E-state index in [1.165, 1.54) is 0 Å². The molecule has 0 N–H and O–H groups in total. The van der Waals surface area contributed by atoms with E-state index in [0.29, 0.717) is 12.2 Å². The Hall–Kier alpha value is -1.96. The Kier molecular flexibility index (Phi) is 3.10. The van der Waals surface area contributed by atoms with Gasteiger partial charge in [0, 0.05) is 5.56 Å². The third-order valence-corrected chi connectivity index (χ3v) is 2.45. The van der Waals surface area contributed by atoms with Crippen LogP contribution in [0.3, 0.4) is 0 Å². The molecule has 0 saturated carbocycles. The molecular formula is C14H13O2. The molecule has 0 aliphatic rings. The van der Waals surface area contributed by atoms with E-state index in [1.54, 1.807) is 18.2 Å². The van der Waals surface area contributed by atoms with Crippen LogP contribution in [0.5, 0.6) is 11.5 Å². The molecule has 0 amide bonds. The molecule has 0 heterocycles.